The summed E-state index contributed by atoms with van der Waals surface area (Å²) in [5.41, 5.74) is -0.629. The molecule has 0 amide bonds. The second kappa shape index (κ2) is 3.21. The Kier molecular flexibility index (Phi) is 2.21. The van der Waals surface area contributed by atoms with Gasteiger partial charge in [-0.25, -0.2) is 0 Å². The Morgan fingerprint density at radius 1 is 1.38 bits per heavy atom. The standard InChI is InChI=1S/C13H22O3/c1-8-11-4-9(12(2,3)16-11)5-13(8,14)6-10-7-15-10/h8-11,14H,4-7H2,1-3H3/t8-,9+,10-,11-,13+/m0/s1. The summed E-state index contributed by atoms with van der Waals surface area (Å²) in [6.45, 7) is 7.27. The van der Waals surface area contributed by atoms with Crippen molar-refractivity contribution in [2.45, 2.75) is 63.4 Å². The predicted octanol–water partition coefficient (Wildman–Crippen LogP) is 1.73. The van der Waals surface area contributed by atoms with Crippen LogP contribution in [-0.2, 0) is 9.47 Å². The highest BCUT2D eigenvalue weighted by molar-refractivity contribution is 5.06. The molecule has 2 saturated heterocycles. The molecule has 0 aromatic carbocycles. The molecule has 3 rings (SSSR count). The van der Waals surface area contributed by atoms with E-state index < -0.39 is 5.60 Å². The van der Waals surface area contributed by atoms with Crippen molar-refractivity contribution in [3.8, 4) is 0 Å². The summed E-state index contributed by atoms with van der Waals surface area (Å²) < 4.78 is 11.3. The van der Waals surface area contributed by atoms with Crippen LogP contribution >= 0.6 is 0 Å². The van der Waals surface area contributed by atoms with Crippen LogP contribution in [0.25, 0.3) is 0 Å². The van der Waals surface area contributed by atoms with Crippen LogP contribution < -0.4 is 0 Å². The minimum absolute atomic E-state index is 0.0617. The number of rotatable bonds is 2. The fraction of sp³-hybridized carbons (Fsp3) is 1.00. The van der Waals surface area contributed by atoms with Crippen molar-refractivity contribution in [2.75, 3.05) is 6.61 Å². The Bertz CT molecular complexity index is 298. The van der Waals surface area contributed by atoms with Crippen LogP contribution in [0, 0.1) is 11.8 Å². The van der Waals surface area contributed by atoms with Crippen molar-refractivity contribution >= 4 is 0 Å². The van der Waals surface area contributed by atoms with E-state index in [9.17, 15) is 5.11 Å². The number of epoxide rings is 1. The first kappa shape index (κ1) is 11.0. The first-order chi connectivity index (χ1) is 7.41. The van der Waals surface area contributed by atoms with Gasteiger partial charge in [0.15, 0.2) is 0 Å². The highest BCUT2D eigenvalue weighted by Crippen LogP contribution is 2.52. The van der Waals surface area contributed by atoms with E-state index in [-0.39, 0.29) is 17.6 Å². The van der Waals surface area contributed by atoms with E-state index in [1.807, 2.05) is 0 Å². The number of hydrogen-bond acceptors (Lipinski definition) is 3. The van der Waals surface area contributed by atoms with E-state index in [1.165, 1.54) is 0 Å². The summed E-state index contributed by atoms with van der Waals surface area (Å²) in [6, 6.07) is 0. The zero-order chi connectivity index (χ0) is 11.6. The molecule has 1 N–H and O–H groups in total. The normalized spacial score (nSPS) is 54.0. The molecule has 2 heterocycles. The van der Waals surface area contributed by atoms with Gasteiger partial charge >= 0.3 is 0 Å². The van der Waals surface area contributed by atoms with Gasteiger partial charge in [0.2, 0.25) is 0 Å². The number of aliphatic hydroxyl groups is 1. The van der Waals surface area contributed by atoms with E-state index in [0.717, 1.165) is 25.9 Å². The molecule has 2 bridgehead atoms. The van der Waals surface area contributed by atoms with Gasteiger partial charge in [-0.1, -0.05) is 6.92 Å². The van der Waals surface area contributed by atoms with Crippen molar-refractivity contribution in [1.82, 2.24) is 0 Å². The van der Waals surface area contributed by atoms with E-state index in [2.05, 4.69) is 20.8 Å². The third-order valence-corrected chi connectivity index (χ3v) is 4.94. The van der Waals surface area contributed by atoms with Gasteiger partial charge in [0.05, 0.1) is 30.0 Å². The molecule has 0 spiro atoms. The summed E-state index contributed by atoms with van der Waals surface area (Å²) in [6.07, 6.45) is 3.31. The molecule has 1 aliphatic carbocycles. The smallest absolute Gasteiger partial charge is 0.0837 e. The summed E-state index contributed by atoms with van der Waals surface area (Å²) in [5, 5.41) is 10.8. The molecular formula is C13H22O3. The number of hydrogen-bond donors (Lipinski definition) is 1. The van der Waals surface area contributed by atoms with Gasteiger partial charge in [0.25, 0.3) is 0 Å². The lowest BCUT2D eigenvalue weighted by Gasteiger charge is -2.41. The summed E-state index contributed by atoms with van der Waals surface area (Å²) in [7, 11) is 0. The van der Waals surface area contributed by atoms with Crippen molar-refractivity contribution in [2.24, 2.45) is 11.8 Å². The Hall–Kier alpha value is -0.120. The van der Waals surface area contributed by atoms with Gasteiger partial charge in [-0.05, 0) is 32.6 Å². The quantitative estimate of drug-likeness (QED) is 0.729. The molecule has 3 heteroatoms. The molecular weight excluding hydrogens is 204 g/mol. The Balaban J connectivity index is 1.81. The van der Waals surface area contributed by atoms with E-state index >= 15 is 0 Å². The minimum atomic E-state index is -0.567. The minimum Gasteiger partial charge on any atom is -0.389 e. The summed E-state index contributed by atoms with van der Waals surface area (Å²) in [5.74, 6) is 0.729. The van der Waals surface area contributed by atoms with Gasteiger partial charge in [0.1, 0.15) is 0 Å². The molecule has 3 fully saturated rings. The van der Waals surface area contributed by atoms with Gasteiger partial charge in [-0.15, -0.1) is 0 Å². The number of fused-ring (bicyclic) bond motifs is 2. The zero-order valence-electron chi connectivity index (χ0n) is 10.4. The molecule has 0 aromatic rings. The maximum atomic E-state index is 10.8. The van der Waals surface area contributed by atoms with Crippen LogP contribution in [0.5, 0.6) is 0 Å². The van der Waals surface area contributed by atoms with Crippen LogP contribution in [0.4, 0.5) is 0 Å². The van der Waals surface area contributed by atoms with Gasteiger partial charge in [-0.3, -0.25) is 0 Å². The molecule has 5 atom stereocenters. The predicted molar refractivity (Wildman–Crippen MR) is 60.1 cm³/mol. The third kappa shape index (κ3) is 1.60. The van der Waals surface area contributed by atoms with Crippen LogP contribution in [-0.4, -0.2) is 35.1 Å². The van der Waals surface area contributed by atoms with Crippen molar-refractivity contribution < 1.29 is 14.6 Å². The molecule has 2 aliphatic heterocycles. The van der Waals surface area contributed by atoms with Crippen molar-refractivity contribution in [3.63, 3.8) is 0 Å². The van der Waals surface area contributed by atoms with E-state index in [0.29, 0.717) is 12.0 Å². The highest BCUT2D eigenvalue weighted by atomic mass is 16.6. The van der Waals surface area contributed by atoms with E-state index in [1.54, 1.807) is 0 Å². The van der Waals surface area contributed by atoms with Crippen LogP contribution in [0.15, 0.2) is 0 Å². The molecule has 92 valence electrons. The second-order valence-electron chi connectivity index (χ2n) is 6.45. The van der Waals surface area contributed by atoms with Crippen molar-refractivity contribution in [3.05, 3.63) is 0 Å². The average Bonchev–Trinajstić information content (AvgIpc) is 2.91. The van der Waals surface area contributed by atoms with Crippen LogP contribution in [0.1, 0.15) is 40.0 Å². The van der Waals surface area contributed by atoms with Gasteiger partial charge in [0, 0.05) is 12.3 Å². The Labute approximate surface area is 97.1 Å². The van der Waals surface area contributed by atoms with E-state index in [4.69, 9.17) is 9.47 Å². The molecule has 0 aromatic heterocycles. The Morgan fingerprint density at radius 2 is 2.06 bits per heavy atom. The van der Waals surface area contributed by atoms with Gasteiger partial charge < -0.3 is 14.6 Å². The van der Waals surface area contributed by atoms with Crippen molar-refractivity contribution in [1.29, 1.82) is 0 Å². The molecule has 16 heavy (non-hydrogen) atoms. The lowest BCUT2D eigenvalue weighted by atomic mass is 9.67. The summed E-state index contributed by atoms with van der Waals surface area (Å²) in [4.78, 5) is 0. The Morgan fingerprint density at radius 3 is 2.69 bits per heavy atom. The monoisotopic (exact) mass is 226 g/mol. The van der Waals surface area contributed by atoms with Crippen LogP contribution in [0.3, 0.4) is 0 Å². The summed E-state index contributed by atoms with van der Waals surface area (Å²) >= 11 is 0. The molecule has 0 radical (unpaired) electrons. The molecule has 0 unspecified atom stereocenters. The maximum absolute atomic E-state index is 10.8. The fourth-order valence-corrected chi connectivity index (χ4v) is 3.54. The molecule has 3 aliphatic rings. The second-order valence-corrected chi connectivity index (χ2v) is 6.45. The third-order valence-electron chi connectivity index (χ3n) is 4.94. The molecule has 1 saturated carbocycles. The fourth-order valence-electron chi connectivity index (χ4n) is 3.54. The van der Waals surface area contributed by atoms with Crippen LogP contribution in [0.2, 0.25) is 0 Å². The zero-order valence-corrected chi connectivity index (χ0v) is 10.4. The average molecular weight is 226 g/mol. The van der Waals surface area contributed by atoms with Gasteiger partial charge in [-0.2, -0.15) is 0 Å². The lowest BCUT2D eigenvalue weighted by molar-refractivity contribution is -0.0964. The first-order valence-electron chi connectivity index (χ1n) is 6.42. The maximum Gasteiger partial charge on any atom is 0.0837 e. The molecule has 3 nitrogen and oxygen atoms in total. The first-order valence-corrected chi connectivity index (χ1v) is 6.42. The lowest BCUT2D eigenvalue weighted by Crippen LogP contribution is -2.47. The number of ether oxygens (including phenoxy) is 2. The highest BCUT2D eigenvalue weighted by Gasteiger charge is 2.56. The largest absolute Gasteiger partial charge is 0.389 e. The topological polar surface area (TPSA) is 42.0 Å². The SMILES string of the molecule is C[C@H]1[C@@H]2C[C@H](C[C@@]1(O)C[C@H]1CO1)C(C)(C)O2.